The summed E-state index contributed by atoms with van der Waals surface area (Å²) in [6, 6.07) is 8.18. The number of imide groups is 1. The van der Waals surface area contributed by atoms with Gasteiger partial charge >= 0.3 is 6.09 Å². The fourth-order valence-electron chi connectivity index (χ4n) is 4.05. The average Bonchev–Trinajstić information content (AvgIpc) is 2.84. The van der Waals surface area contributed by atoms with Gasteiger partial charge in [0, 0.05) is 5.69 Å². The number of rotatable bonds is 4. The Morgan fingerprint density at radius 1 is 1.15 bits per heavy atom. The van der Waals surface area contributed by atoms with Gasteiger partial charge in [0.15, 0.2) is 5.11 Å². The van der Waals surface area contributed by atoms with E-state index in [4.69, 9.17) is 17.0 Å². The molecule has 1 aliphatic carbocycles. The van der Waals surface area contributed by atoms with E-state index in [9.17, 15) is 9.59 Å². The van der Waals surface area contributed by atoms with Crippen LogP contribution in [0, 0.1) is 0 Å². The van der Waals surface area contributed by atoms with Crippen LogP contribution in [0.4, 0.5) is 10.5 Å². The van der Waals surface area contributed by atoms with Crippen LogP contribution in [0.25, 0.3) is 0 Å². The number of anilines is 1. The van der Waals surface area contributed by atoms with Crippen LogP contribution in [0.3, 0.4) is 0 Å². The van der Waals surface area contributed by atoms with Gasteiger partial charge in [-0.3, -0.25) is 4.79 Å². The summed E-state index contributed by atoms with van der Waals surface area (Å²) in [5.74, 6) is -0.238. The smallest absolute Gasteiger partial charge is 0.423 e. The zero-order chi connectivity index (χ0) is 18.7. The number of ether oxygens (including phenoxy) is 1. The lowest BCUT2D eigenvalue weighted by atomic mass is 9.80. The van der Waals surface area contributed by atoms with Crippen molar-refractivity contribution in [3.8, 4) is 0 Å². The first-order valence-corrected chi connectivity index (χ1v) is 9.90. The lowest BCUT2D eigenvalue weighted by molar-refractivity contribution is -0.130. The molecule has 0 bridgehead atoms. The molecule has 6 heteroatoms. The van der Waals surface area contributed by atoms with Crippen LogP contribution in [0.2, 0.25) is 0 Å². The maximum atomic E-state index is 13.3. The molecule has 140 valence electrons. The molecule has 1 aromatic rings. The SMILES string of the molecule is CCCc1ccc(N2C(=S)N(C(=O)OCC)C(=O)C23CCCCC3)cc1. The van der Waals surface area contributed by atoms with Crippen molar-refractivity contribution in [2.45, 2.75) is 64.3 Å². The number of amides is 2. The molecule has 1 heterocycles. The van der Waals surface area contributed by atoms with Crippen LogP contribution < -0.4 is 4.90 Å². The van der Waals surface area contributed by atoms with Crippen molar-refractivity contribution in [1.29, 1.82) is 0 Å². The van der Waals surface area contributed by atoms with Crippen molar-refractivity contribution < 1.29 is 14.3 Å². The third-order valence-corrected chi connectivity index (χ3v) is 5.64. The van der Waals surface area contributed by atoms with Gasteiger partial charge in [0.1, 0.15) is 5.54 Å². The van der Waals surface area contributed by atoms with Gasteiger partial charge in [-0.25, -0.2) is 4.79 Å². The topological polar surface area (TPSA) is 49.9 Å². The third-order valence-electron chi connectivity index (χ3n) is 5.28. The number of benzene rings is 1. The number of aryl methyl sites for hydroxylation is 1. The second kappa shape index (κ2) is 7.74. The summed E-state index contributed by atoms with van der Waals surface area (Å²) >= 11 is 5.58. The van der Waals surface area contributed by atoms with Gasteiger partial charge in [0.05, 0.1) is 6.61 Å². The number of hydrogen-bond acceptors (Lipinski definition) is 4. The second-order valence-electron chi connectivity index (χ2n) is 6.97. The van der Waals surface area contributed by atoms with E-state index in [2.05, 4.69) is 19.1 Å². The van der Waals surface area contributed by atoms with E-state index in [1.807, 2.05) is 17.0 Å². The van der Waals surface area contributed by atoms with Crippen LogP contribution in [-0.2, 0) is 16.0 Å². The fraction of sp³-hybridized carbons (Fsp3) is 0.550. The first kappa shape index (κ1) is 18.8. The summed E-state index contributed by atoms with van der Waals surface area (Å²) in [6.45, 7) is 4.09. The Hall–Kier alpha value is -1.95. The Labute approximate surface area is 160 Å². The van der Waals surface area contributed by atoms with E-state index in [0.29, 0.717) is 12.8 Å². The van der Waals surface area contributed by atoms with E-state index in [0.717, 1.165) is 42.7 Å². The summed E-state index contributed by atoms with van der Waals surface area (Å²) in [7, 11) is 0. The quantitative estimate of drug-likeness (QED) is 0.730. The van der Waals surface area contributed by atoms with Crippen molar-refractivity contribution >= 4 is 35.0 Å². The van der Waals surface area contributed by atoms with E-state index < -0.39 is 11.6 Å². The Morgan fingerprint density at radius 3 is 2.38 bits per heavy atom. The fourth-order valence-corrected chi connectivity index (χ4v) is 4.49. The van der Waals surface area contributed by atoms with Crippen molar-refractivity contribution in [1.82, 2.24) is 4.90 Å². The van der Waals surface area contributed by atoms with E-state index >= 15 is 0 Å². The molecule has 0 unspecified atom stereocenters. The minimum Gasteiger partial charge on any atom is -0.449 e. The van der Waals surface area contributed by atoms with Crippen LogP contribution in [0.5, 0.6) is 0 Å². The predicted octanol–water partition coefficient (Wildman–Crippen LogP) is 4.43. The standard InChI is InChI=1S/C20H26N2O3S/c1-3-8-15-9-11-16(12-10-15)22-18(26)21(19(24)25-4-2)17(23)20(22)13-6-5-7-14-20/h9-12H,3-8,13-14H2,1-2H3. The minimum absolute atomic E-state index is 0.212. The predicted molar refractivity (Wildman–Crippen MR) is 105 cm³/mol. The van der Waals surface area contributed by atoms with Gasteiger partial charge in [-0.05, 0) is 56.1 Å². The van der Waals surface area contributed by atoms with Crippen molar-refractivity contribution in [3.63, 3.8) is 0 Å². The van der Waals surface area contributed by atoms with E-state index in [-0.39, 0.29) is 17.6 Å². The van der Waals surface area contributed by atoms with Crippen LogP contribution in [-0.4, -0.2) is 34.2 Å². The zero-order valence-corrected chi connectivity index (χ0v) is 16.3. The highest BCUT2D eigenvalue weighted by molar-refractivity contribution is 7.80. The number of nitrogens with zero attached hydrogens (tertiary/aromatic N) is 2. The first-order chi connectivity index (χ1) is 12.5. The first-order valence-electron chi connectivity index (χ1n) is 9.49. The molecule has 2 fully saturated rings. The zero-order valence-electron chi connectivity index (χ0n) is 15.5. The highest BCUT2D eigenvalue weighted by atomic mass is 32.1. The normalized spacial score (nSPS) is 19.3. The van der Waals surface area contributed by atoms with E-state index in [1.54, 1.807) is 6.92 Å². The maximum Gasteiger partial charge on any atom is 0.423 e. The molecule has 26 heavy (non-hydrogen) atoms. The van der Waals surface area contributed by atoms with Gasteiger partial charge in [0.2, 0.25) is 0 Å². The number of carbonyl (C=O) groups is 2. The summed E-state index contributed by atoms with van der Waals surface area (Å²) in [4.78, 5) is 28.6. The second-order valence-corrected chi connectivity index (χ2v) is 7.33. The summed E-state index contributed by atoms with van der Waals surface area (Å²) in [6.07, 6.45) is 5.86. The molecular formula is C20H26N2O3S. The highest BCUT2D eigenvalue weighted by Gasteiger charge is 2.58. The summed E-state index contributed by atoms with van der Waals surface area (Å²) in [5.41, 5.74) is 1.37. The lowest BCUT2D eigenvalue weighted by Gasteiger charge is -2.39. The van der Waals surface area contributed by atoms with Gasteiger partial charge in [-0.1, -0.05) is 44.7 Å². The van der Waals surface area contributed by atoms with Gasteiger partial charge in [-0.2, -0.15) is 4.90 Å². The van der Waals surface area contributed by atoms with Gasteiger partial charge in [-0.15, -0.1) is 0 Å². The van der Waals surface area contributed by atoms with Crippen molar-refractivity contribution in [2.75, 3.05) is 11.5 Å². The lowest BCUT2D eigenvalue weighted by Crippen LogP contribution is -2.51. The summed E-state index contributed by atoms with van der Waals surface area (Å²) < 4.78 is 5.09. The molecule has 0 radical (unpaired) electrons. The Bertz CT molecular complexity index is 696. The van der Waals surface area contributed by atoms with Crippen LogP contribution >= 0.6 is 12.2 Å². The average molecular weight is 375 g/mol. The molecule has 1 aliphatic heterocycles. The highest BCUT2D eigenvalue weighted by Crippen LogP contribution is 2.43. The molecule has 3 rings (SSSR count). The molecule has 1 spiro atoms. The Kier molecular flexibility index (Phi) is 5.61. The minimum atomic E-state index is -0.756. The third kappa shape index (κ3) is 3.11. The van der Waals surface area contributed by atoms with Crippen molar-refractivity contribution in [3.05, 3.63) is 29.8 Å². The van der Waals surface area contributed by atoms with Gasteiger partial charge < -0.3 is 9.64 Å². The molecule has 5 nitrogen and oxygen atoms in total. The number of carbonyl (C=O) groups excluding carboxylic acids is 2. The molecule has 0 N–H and O–H groups in total. The monoisotopic (exact) mass is 374 g/mol. The van der Waals surface area contributed by atoms with Crippen LogP contribution in [0.1, 0.15) is 57.9 Å². The molecule has 0 aromatic heterocycles. The molecule has 2 aliphatic rings. The maximum absolute atomic E-state index is 13.3. The Balaban J connectivity index is 2.00. The van der Waals surface area contributed by atoms with Crippen molar-refractivity contribution in [2.24, 2.45) is 0 Å². The van der Waals surface area contributed by atoms with E-state index in [1.165, 1.54) is 5.56 Å². The molecular weight excluding hydrogens is 348 g/mol. The number of thiocarbonyl (C=S) groups is 1. The van der Waals surface area contributed by atoms with Gasteiger partial charge in [0.25, 0.3) is 5.91 Å². The molecule has 0 atom stereocenters. The van der Waals surface area contributed by atoms with Crippen LogP contribution in [0.15, 0.2) is 24.3 Å². The summed E-state index contributed by atoms with van der Waals surface area (Å²) in [5, 5.41) is 0.235. The largest absolute Gasteiger partial charge is 0.449 e. The molecule has 1 saturated heterocycles. The molecule has 1 aromatic carbocycles. The Morgan fingerprint density at radius 2 is 1.81 bits per heavy atom. The molecule has 2 amide bonds. The molecule has 1 saturated carbocycles. The number of hydrogen-bond donors (Lipinski definition) is 0.